The monoisotopic (exact) mass is 335 g/mol. The summed E-state index contributed by atoms with van der Waals surface area (Å²) in [7, 11) is 0. The summed E-state index contributed by atoms with van der Waals surface area (Å²) in [6.07, 6.45) is 2.98. The molecule has 1 saturated heterocycles. The molecule has 0 atom stereocenters. The predicted octanol–water partition coefficient (Wildman–Crippen LogP) is 3.17. The molecular weight excluding hydrogens is 310 g/mol. The van der Waals surface area contributed by atoms with E-state index in [0.717, 1.165) is 43.7 Å². The van der Waals surface area contributed by atoms with Gasteiger partial charge in [0.2, 0.25) is 0 Å². The van der Waals surface area contributed by atoms with Gasteiger partial charge >= 0.3 is 0 Å². The highest BCUT2D eigenvalue weighted by atomic mass is 16.2. The van der Waals surface area contributed by atoms with E-state index in [1.165, 1.54) is 11.1 Å². The van der Waals surface area contributed by atoms with Crippen LogP contribution in [0.4, 0.5) is 5.69 Å². The second kappa shape index (κ2) is 8.66. The molecular formula is C21H25N3O. The van der Waals surface area contributed by atoms with Crippen molar-refractivity contribution in [2.75, 3.05) is 25.0 Å². The summed E-state index contributed by atoms with van der Waals surface area (Å²) in [6.45, 7) is 3.32. The number of aliphatic hydroxyl groups excluding tert-OH is 1. The average Bonchev–Trinajstić information content (AvgIpc) is 2.66. The lowest BCUT2D eigenvalue weighted by Gasteiger charge is -2.33. The first kappa shape index (κ1) is 17.5. The van der Waals surface area contributed by atoms with Crippen LogP contribution in [-0.4, -0.2) is 35.7 Å². The third-order valence-corrected chi connectivity index (χ3v) is 4.80. The number of benzene rings is 2. The highest BCUT2D eigenvalue weighted by Gasteiger charge is 2.19. The van der Waals surface area contributed by atoms with E-state index in [1.54, 1.807) is 0 Å². The summed E-state index contributed by atoms with van der Waals surface area (Å²) < 4.78 is 0. The van der Waals surface area contributed by atoms with Crippen LogP contribution in [0.25, 0.3) is 0 Å². The number of aliphatic hydroxyl groups is 1. The molecule has 1 heterocycles. The molecule has 2 aromatic carbocycles. The fourth-order valence-corrected chi connectivity index (χ4v) is 3.31. The summed E-state index contributed by atoms with van der Waals surface area (Å²) in [4.78, 5) is 2.48. The first-order chi connectivity index (χ1) is 12.3. The van der Waals surface area contributed by atoms with Crippen LogP contribution in [0.5, 0.6) is 0 Å². The third kappa shape index (κ3) is 5.06. The van der Waals surface area contributed by atoms with Gasteiger partial charge in [0.05, 0.1) is 11.6 Å². The van der Waals surface area contributed by atoms with Gasteiger partial charge in [-0.2, -0.15) is 5.26 Å². The molecule has 0 radical (unpaired) electrons. The summed E-state index contributed by atoms with van der Waals surface area (Å²) in [6, 6.07) is 18.9. The van der Waals surface area contributed by atoms with E-state index in [2.05, 4.69) is 52.7 Å². The highest BCUT2D eigenvalue weighted by molar-refractivity contribution is 5.45. The number of anilines is 1. The van der Waals surface area contributed by atoms with E-state index in [-0.39, 0.29) is 6.61 Å². The lowest BCUT2D eigenvalue weighted by atomic mass is 10.0. The number of hydrogen-bond acceptors (Lipinski definition) is 4. The van der Waals surface area contributed by atoms with Gasteiger partial charge in [-0.25, -0.2) is 0 Å². The van der Waals surface area contributed by atoms with Crippen LogP contribution < -0.4 is 5.32 Å². The molecule has 0 bridgehead atoms. The lowest BCUT2D eigenvalue weighted by molar-refractivity contribution is 0.211. The van der Waals surface area contributed by atoms with Crippen molar-refractivity contribution < 1.29 is 5.11 Å². The first-order valence-corrected chi connectivity index (χ1v) is 8.94. The summed E-state index contributed by atoms with van der Waals surface area (Å²) >= 11 is 0. The van der Waals surface area contributed by atoms with Crippen molar-refractivity contribution in [3.63, 3.8) is 0 Å². The molecule has 130 valence electrons. The molecule has 1 aliphatic heterocycles. The molecule has 0 spiro atoms. The Kier molecular flexibility index (Phi) is 6.05. The van der Waals surface area contributed by atoms with Crippen LogP contribution in [0, 0.1) is 11.3 Å². The van der Waals surface area contributed by atoms with Crippen molar-refractivity contribution >= 4 is 5.69 Å². The van der Waals surface area contributed by atoms with Crippen molar-refractivity contribution in [3.8, 4) is 6.07 Å². The standard InChI is InChI=1S/C21H25N3O/c22-15-18-1-3-19(4-2-18)16-24-12-9-21(10-13-24)23-20-7-5-17(6-8-20)11-14-25/h1-8,21,23,25H,9-14,16H2. The Morgan fingerprint density at radius 1 is 1.00 bits per heavy atom. The largest absolute Gasteiger partial charge is 0.396 e. The van der Waals surface area contributed by atoms with E-state index in [0.29, 0.717) is 12.5 Å². The normalized spacial score (nSPS) is 15.7. The lowest BCUT2D eigenvalue weighted by Crippen LogP contribution is -2.38. The van der Waals surface area contributed by atoms with Crippen molar-refractivity contribution in [1.29, 1.82) is 5.26 Å². The van der Waals surface area contributed by atoms with Crippen LogP contribution in [0.15, 0.2) is 48.5 Å². The SMILES string of the molecule is N#Cc1ccc(CN2CCC(Nc3ccc(CCO)cc3)CC2)cc1. The van der Waals surface area contributed by atoms with Gasteiger partial charge in [0.1, 0.15) is 0 Å². The van der Waals surface area contributed by atoms with Crippen molar-refractivity contribution in [2.24, 2.45) is 0 Å². The number of hydrogen-bond donors (Lipinski definition) is 2. The Balaban J connectivity index is 1.45. The number of nitrogens with one attached hydrogen (secondary N) is 1. The van der Waals surface area contributed by atoms with Gasteiger partial charge in [0.15, 0.2) is 0 Å². The molecule has 0 aromatic heterocycles. The molecule has 2 aromatic rings. The maximum atomic E-state index is 8.97. The number of rotatable bonds is 6. The number of nitriles is 1. The molecule has 3 rings (SSSR count). The minimum absolute atomic E-state index is 0.199. The molecule has 4 nitrogen and oxygen atoms in total. The number of likely N-dealkylation sites (tertiary alicyclic amines) is 1. The van der Waals surface area contributed by atoms with Crippen molar-refractivity contribution in [1.82, 2.24) is 4.90 Å². The van der Waals surface area contributed by atoms with Crippen LogP contribution in [0.2, 0.25) is 0 Å². The molecule has 4 heteroatoms. The first-order valence-electron chi connectivity index (χ1n) is 8.94. The quantitative estimate of drug-likeness (QED) is 0.851. The van der Waals surface area contributed by atoms with Crippen LogP contribution in [0.1, 0.15) is 29.5 Å². The highest BCUT2D eigenvalue weighted by Crippen LogP contribution is 2.19. The van der Waals surface area contributed by atoms with Crippen LogP contribution in [-0.2, 0) is 13.0 Å². The fourth-order valence-electron chi connectivity index (χ4n) is 3.31. The van der Waals surface area contributed by atoms with E-state index >= 15 is 0 Å². The molecule has 1 fully saturated rings. The summed E-state index contributed by atoms with van der Waals surface area (Å²) in [5.74, 6) is 0. The second-order valence-electron chi connectivity index (χ2n) is 6.67. The second-order valence-corrected chi connectivity index (χ2v) is 6.67. The summed E-state index contributed by atoms with van der Waals surface area (Å²) in [5.41, 5.74) is 4.32. The fraction of sp³-hybridized carbons (Fsp3) is 0.381. The Hall–Kier alpha value is -2.35. The minimum Gasteiger partial charge on any atom is -0.396 e. The molecule has 2 N–H and O–H groups in total. The zero-order valence-corrected chi connectivity index (χ0v) is 14.5. The molecule has 0 amide bonds. The molecule has 0 saturated carbocycles. The van der Waals surface area contributed by atoms with Gasteiger partial charge < -0.3 is 10.4 Å². The number of nitrogens with zero attached hydrogens (tertiary/aromatic N) is 2. The minimum atomic E-state index is 0.199. The Morgan fingerprint density at radius 3 is 2.24 bits per heavy atom. The van der Waals surface area contributed by atoms with E-state index in [9.17, 15) is 0 Å². The predicted molar refractivity (Wildman–Crippen MR) is 100 cm³/mol. The van der Waals surface area contributed by atoms with Gasteiger partial charge in [-0.3, -0.25) is 4.90 Å². The van der Waals surface area contributed by atoms with E-state index in [4.69, 9.17) is 10.4 Å². The topological polar surface area (TPSA) is 59.3 Å². The average molecular weight is 335 g/mol. The third-order valence-electron chi connectivity index (χ3n) is 4.80. The molecule has 0 unspecified atom stereocenters. The Labute approximate surface area is 149 Å². The van der Waals surface area contributed by atoms with Gasteiger partial charge in [0.25, 0.3) is 0 Å². The number of piperidine rings is 1. The molecule has 25 heavy (non-hydrogen) atoms. The van der Waals surface area contributed by atoms with Crippen molar-refractivity contribution in [3.05, 3.63) is 65.2 Å². The van der Waals surface area contributed by atoms with Gasteiger partial charge in [-0.05, 0) is 54.7 Å². The summed E-state index contributed by atoms with van der Waals surface area (Å²) in [5, 5.41) is 21.5. The van der Waals surface area contributed by atoms with E-state index in [1.807, 2.05) is 12.1 Å². The van der Waals surface area contributed by atoms with Crippen molar-refractivity contribution in [2.45, 2.75) is 31.8 Å². The Morgan fingerprint density at radius 2 is 1.64 bits per heavy atom. The van der Waals surface area contributed by atoms with E-state index < -0.39 is 0 Å². The van der Waals surface area contributed by atoms with Gasteiger partial charge in [0, 0.05) is 38.0 Å². The smallest absolute Gasteiger partial charge is 0.0991 e. The molecule has 1 aliphatic rings. The maximum Gasteiger partial charge on any atom is 0.0991 e. The zero-order chi connectivity index (χ0) is 17.5. The van der Waals surface area contributed by atoms with Gasteiger partial charge in [-0.1, -0.05) is 24.3 Å². The zero-order valence-electron chi connectivity index (χ0n) is 14.5. The van der Waals surface area contributed by atoms with Gasteiger partial charge in [-0.15, -0.1) is 0 Å². The van der Waals surface area contributed by atoms with Crippen LogP contribution >= 0.6 is 0 Å². The van der Waals surface area contributed by atoms with Crippen LogP contribution in [0.3, 0.4) is 0 Å². The Bertz CT molecular complexity index is 695. The molecule has 0 aliphatic carbocycles. The maximum absolute atomic E-state index is 8.97.